The van der Waals surface area contributed by atoms with Gasteiger partial charge in [0.05, 0.1) is 35.2 Å². The Morgan fingerprint density at radius 1 is 1.16 bits per heavy atom. The molecule has 1 aliphatic rings. The van der Waals surface area contributed by atoms with Gasteiger partial charge in [0.2, 0.25) is 17.6 Å². The van der Waals surface area contributed by atoms with Crippen LogP contribution in [0.1, 0.15) is 31.2 Å². The molecule has 1 saturated heterocycles. The fraction of sp³-hybridized carbons (Fsp3) is 0.348. The third-order valence-corrected chi connectivity index (χ3v) is 7.77. The Morgan fingerprint density at radius 3 is 2.50 bits per heavy atom. The van der Waals surface area contributed by atoms with Gasteiger partial charge in [-0.05, 0) is 43.7 Å². The lowest BCUT2D eigenvalue weighted by atomic mass is 9.98. The first-order chi connectivity index (χ1) is 15.3. The number of ether oxygens (including phenoxy) is 1. The van der Waals surface area contributed by atoms with E-state index in [0.29, 0.717) is 30.6 Å². The Labute approximate surface area is 187 Å². The van der Waals surface area contributed by atoms with Gasteiger partial charge in [0.25, 0.3) is 0 Å². The minimum atomic E-state index is -3.32. The van der Waals surface area contributed by atoms with Crippen LogP contribution < -0.4 is 4.74 Å². The molecule has 1 aromatic heterocycles. The van der Waals surface area contributed by atoms with Crippen molar-refractivity contribution in [3.8, 4) is 17.1 Å². The molecule has 1 fully saturated rings. The quantitative estimate of drug-likeness (QED) is 0.539. The molecule has 0 N–H and O–H groups in total. The molecule has 32 heavy (non-hydrogen) atoms. The summed E-state index contributed by atoms with van der Waals surface area (Å²) in [5.41, 5.74) is 1.53. The van der Waals surface area contributed by atoms with Gasteiger partial charge < -0.3 is 14.2 Å². The number of likely N-dealkylation sites (tertiary alicyclic amines) is 1. The Kier molecular flexibility index (Phi) is 6.01. The predicted molar refractivity (Wildman–Crippen MR) is 118 cm³/mol. The molecule has 0 bridgehead atoms. The number of carbonyl (C=O) groups excluding carboxylic acids is 1. The number of carbonyl (C=O) groups is 1. The van der Waals surface area contributed by atoms with Crippen LogP contribution in [0, 0.1) is 0 Å². The Morgan fingerprint density at radius 2 is 1.84 bits per heavy atom. The zero-order valence-corrected chi connectivity index (χ0v) is 19.0. The Balaban J connectivity index is 1.35. The van der Waals surface area contributed by atoms with Crippen molar-refractivity contribution in [1.82, 2.24) is 15.0 Å². The Bertz CT molecular complexity index is 1210. The molecule has 0 aliphatic carbocycles. The maximum Gasteiger partial charge on any atom is 0.233 e. The van der Waals surface area contributed by atoms with Gasteiger partial charge in [-0.1, -0.05) is 29.4 Å². The van der Waals surface area contributed by atoms with E-state index in [2.05, 4.69) is 10.1 Å². The molecule has 4 rings (SSSR count). The molecule has 2 heterocycles. The van der Waals surface area contributed by atoms with E-state index in [1.54, 1.807) is 50.1 Å². The van der Waals surface area contributed by atoms with E-state index in [1.807, 2.05) is 24.3 Å². The largest absolute Gasteiger partial charge is 0.496 e. The summed E-state index contributed by atoms with van der Waals surface area (Å²) in [5.74, 6) is 1.59. The minimum Gasteiger partial charge on any atom is -0.496 e. The topological polar surface area (TPSA) is 103 Å². The van der Waals surface area contributed by atoms with Gasteiger partial charge >= 0.3 is 0 Å². The lowest BCUT2D eigenvalue weighted by Gasteiger charge is -2.37. The van der Waals surface area contributed by atoms with Crippen molar-refractivity contribution in [3.05, 3.63) is 60.0 Å². The van der Waals surface area contributed by atoms with Gasteiger partial charge in [0.1, 0.15) is 5.75 Å². The lowest BCUT2D eigenvalue weighted by molar-refractivity contribution is -0.135. The summed E-state index contributed by atoms with van der Waals surface area (Å²) in [4.78, 5) is 19.1. The highest BCUT2D eigenvalue weighted by molar-refractivity contribution is 7.92. The fourth-order valence-electron chi connectivity index (χ4n) is 3.53. The summed E-state index contributed by atoms with van der Waals surface area (Å²) in [5, 5.41) is 3.57. The molecule has 1 aliphatic heterocycles. The highest BCUT2D eigenvalue weighted by Gasteiger charge is 2.35. The zero-order chi connectivity index (χ0) is 22.9. The normalized spacial score (nSPS) is 14.4. The third kappa shape index (κ3) is 4.25. The smallest absolute Gasteiger partial charge is 0.233 e. The van der Waals surface area contributed by atoms with Crippen molar-refractivity contribution in [2.75, 3.05) is 20.2 Å². The molecule has 3 aromatic rings. The number of hydrogen-bond acceptors (Lipinski definition) is 7. The SMILES string of the molecule is COc1ccccc1-c1noc(C2CN(C(=O)Cc3ccc(S(=O)(=O)C(C)C)cc3)C2)n1. The number of nitrogens with zero attached hydrogens (tertiary/aromatic N) is 3. The molecule has 2 aromatic carbocycles. The van der Waals surface area contributed by atoms with Gasteiger partial charge in [-0.2, -0.15) is 4.98 Å². The van der Waals surface area contributed by atoms with Crippen molar-refractivity contribution in [2.45, 2.75) is 36.3 Å². The van der Waals surface area contributed by atoms with Gasteiger partial charge in [-0.3, -0.25) is 4.79 Å². The maximum atomic E-state index is 12.6. The van der Waals surface area contributed by atoms with E-state index in [9.17, 15) is 13.2 Å². The molecule has 0 unspecified atom stereocenters. The molecule has 0 spiro atoms. The summed E-state index contributed by atoms with van der Waals surface area (Å²) in [6.07, 6.45) is 0.213. The van der Waals surface area contributed by atoms with Gasteiger partial charge in [-0.25, -0.2) is 8.42 Å². The molecule has 1 amide bonds. The van der Waals surface area contributed by atoms with E-state index < -0.39 is 15.1 Å². The van der Waals surface area contributed by atoms with Crippen molar-refractivity contribution in [3.63, 3.8) is 0 Å². The standard InChI is InChI=1S/C23H25N3O5S/c1-15(2)32(28,29)18-10-8-16(9-11-18)12-21(27)26-13-17(14-26)23-24-22(25-31-23)19-6-4-5-7-20(19)30-3/h4-11,15,17H,12-14H2,1-3H3. The van der Waals surface area contributed by atoms with E-state index in [1.165, 1.54) is 0 Å². The zero-order valence-electron chi connectivity index (χ0n) is 18.2. The van der Waals surface area contributed by atoms with Crippen LogP contribution in [-0.4, -0.2) is 54.8 Å². The second-order valence-electron chi connectivity index (χ2n) is 8.07. The van der Waals surface area contributed by atoms with E-state index in [0.717, 1.165) is 11.1 Å². The van der Waals surface area contributed by atoms with Crippen molar-refractivity contribution in [2.24, 2.45) is 0 Å². The summed E-state index contributed by atoms with van der Waals surface area (Å²) in [6, 6.07) is 14.0. The van der Waals surface area contributed by atoms with E-state index in [4.69, 9.17) is 9.26 Å². The van der Waals surface area contributed by atoms with Crippen LogP contribution in [0.3, 0.4) is 0 Å². The number of methoxy groups -OCH3 is 1. The first-order valence-electron chi connectivity index (χ1n) is 10.4. The first-order valence-corrected chi connectivity index (χ1v) is 11.9. The van der Waals surface area contributed by atoms with E-state index in [-0.39, 0.29) is 23.1 Å². The first kappa shape index (κ1) is 22.0. The third-order valence-electron chi connectivity index (χ3n) is 5.60. The molecule has 0 saturated carbocycles. The second-order valence-corrected chi connectivity index (χ2v) is 10.6. The number of aromatic nitrogens is 2. The van der Waals surface area contributed by atoms with Crippen molar-refractivity contribution in [1.29, 1.82) is 0 Å². The fourth-order valence-corrected chi connectivity index (χ4v) is 4.59. The van der Waals surface area contributed by atoms with Gasteiger partial charge in [0, 0.05) is 13.1 Å². The predicted octanol–water partition coefficient (Wildman–Crippen LogP) is 3.10. The number of sulfone groups is 1. The molecule has 8 nitrogen and oxygen atoms in total. The number of amides is 1. The molecule has 0 atom stereocenters. The summed E-state index contributed by atoms with van der Waals surface area (Å²) < 4.78 is 35.2. The number of rotatable bonds is 7. The highest BCUT2D eigenvalue weighted by atomic mass is 32.2. The number of para-hydroxylation sites is 1. The Hall–Kier alpha value is -3.20. The molecule has 9 heteroatoms. The minimum absolute atomic E-state index is 0.00605. The second kappa shape index (κ2) is 8.74. The van der Waals surface area contributed by atoms with Gasteiger partial charge in [-0.15, -0.1) is 0 Å². The van der Waals surface area contributed by atoms with Crippen molar-refractivity contribution < 1.29 is 22.5 Å². The summed E-state index contributed by atoms with van der Waals surface area (Å²) in [6.45, 7) is 4.31. The number of hydrogen-bond donors (Lipinski definition) is 0. The highest BCUT2D eigenvalue weighted by Crippen LogP contribution is 2.31. The van der Waals surface area contributed by atoms with E-state index >= 15 is 0 Å². The molecular weight excluding hydrogens is 430 g/mol. The summed E-state index contributed by atoms with van der Waals surface area (Å²) in [7, 11) is -1.73. The van der Waals surface area contributed by atoms with Crippen LogP contribution in [0.5, 0.6) is 5.75 Å². The average molecular weight is 456 g/mol. The summed E-state index contributed by atoms with van der Waals surface area (Å²) >= 11 is 0. The van der Waals surface area contributed by atoms with Crippen LogP contribution in [0.4, 0.5) is 0 Å². The van der Waals surface area contributed by atoms with Gasteiger partial charge in [0.15, 0.2) is 9.84 Å². The number of benzene rings is 2. The van der Waals surface area contributed by atoms with Crippen LogP contribution in [0.25, 0.3) is 11.4 Å². The lowest BCUT2D eigenvalue weighted by Crippen LogP contribution is -2.49. The molecule has 0 radical (unpaired) electrons. The van der Waals surface area contributed by atoms with Crippen molar-refractivity contribution >= 4 is 15.7 Å². The van der Waals surface area contributed by atoms with Crippen LogP contribution in [0.2, 0.25) is 0 Å². The van der Waals surface area contributed by atoms with Crippen LogP contribution in [0.15, 0.2) is 57.9 Å². The monoisotopic (exact) mass is 455 g/mol. The molecular formula is C23H25N3O5S. The average Bonchev–Trinajstić information content (AvgIpc) is 3.22. The maximum absolute atomic E-state index is 12.6. The molecule has 168 valence electrons. The van der Waals surface area contributed by atoms with Crippen LogP contribution >= 0.6 is 0 Å². The van der Waals surface area contributed by atoms with Crippen LogP contribution in [-0.2, 0) is 21.1 Å².